The Hall–Kier alpha value is -1.20. The number of hydrogen-bond acceptors (Lipinski definition) is 4. The van der Waals surface area contributed by atoms with Crippen molar-refractivity contribution in [2.24, 2.45) is 0 Å². The van der Waals surface area contributed by atoms with Gasteiger partial charge >= 0.3 is 0 Å². The summed E-state index contributed by atoms with van der Waals surface area (Å²) in [6.07, 6.45) is 2.36. The lowest BCUT2D eigenvalue weighted by Gasteiger charge is -2.46. The fourth-order valence-electron chi connectivity index (χ4n) is 4.22. The van der Waals surface area contributed by atoms with Crippen molar-refractivity contribution in [3.63, 3.8) is 0 Å². The number of nitrogens with one attached hydrogen (secondary N) is 2. The Kier molecular flexibility index (Phi) is 5.72. The van der Waals surface area contributed by atoms with Crippen LogP contribution in [0, 0.1) is 0 Å². The normalized spacial score (nSPS) is 22.7. The average Bonchev–Trinajstić information content (AvgIpc) is 3.15. The van der Waals surface area contributed by atoms with Crippen LogP contribution in [0.15, 0.2) is 42.0 Å². The van der Waals surface area contributed by atoms with E-state index in [9.17, 15) is 0 Å². The predicted molar refractivity (Wildman–Crippen MR) is 101 cm³/mol. The van der Waals surface area contributed by atoms with Crippen molar-refractivity contribution in [3.8, 4) is 0 Å². The van der Waals surface area contributed by atoms with Crippen molar-refractivity contribution in [1.29, 1.82) is 0 Å². The molecule has 1 aromatic carbocycles. The third kappa shape index (κ3) is 3.57. The molecule has 2 fully saturated rings. The topological polar surface area (TPSA) is 30.5 Å². The maximum Gasteiger partial charge on any atom is 0.0591 e. The predicted octanol–water partition coefficient (Wildman–Crippen LogP) is 2.22. The van der Waals surface area contributed by atoms with Gasteiger partial charge in [-0.2, -0.15) is 0 Å². The Morgan fingerprint density at radius 1 is 1.04 bits per heavy atom. The first-order valence-electron chi connectivity index (χ1n) is 9.26. The molecule has 1 atom stereocenters. The van der Waals surface area contributed by atoms with E-state index in [1.807, 2.05) is 0 Å². The van der Waals surface area contributed by atoms with Gasteiger partial charge in [-0.15, -0.1) is 0 Å². The van der Waals surface area contributed by atoms with Crippen LogP contribution in [0.1, 0.15) is 32.4 Å². The van der Waals surface area contributed by atoms with Crippen LogP contribution in [0.4, 0.5) is 0 Å². The smallest absolute Gasteiger partial charge is 0.0591 e. The maximum absolute atomic E-state index is 3.51. The van der Waals surface area contributed by atoms with Gasteiger partial charge in [-0.3, -0.25) is 9.80 Å². The van der Waals surface area contributed by atoms with Crippen molar-refractivity contribution < 1.29 is 0 Å². The van der Waals surface area contributed by atoms with Gasteiger partial charge in [0, 0.05) is 51.5 Å². The Bertz CT molecular complexity index is 540. The van der Waals surface area contributed by atoms with E-state index in [1.54, 1.807) is 0 Å². The van der Waals surface area contributed by atoms with Gasteiger partial charge in [-0.05, 0) is 31.9 Å². The molecule has 4 heteroatoms. The molecule has 1 unspecified atom stereocenters. The van der Waals surface area contributed by atoms with Gasteiger partial charge in [-0.25, -0.2) is 0 Å². The van der Waals surface area contributed by atoms with Gasteiger partial charge < -0.3 is 10.6 Å². The highest BCUT2D eigenvalue weighted by molar-refractivity contribution is 5.34. The molecule has 2 heterocycles. The first-order valence-corrected chi connectivity index (χ1v) is 9.26. The molecule has 2 aliphatic heterocycles. The van der Waals surface area contributed by atoms with Gasteiger partial charge in [0.15, 0.2) is 0 Å². The van der Waals surface area contributed by atoms with Crippen molar-refractivity contribution in [3.05, 3.63) is 47.5 Å². The molecule has 2 N–H and O–H groups in total. The fourth-order valence-corrected chi connectivity index (χ4v) is 4.22. The Balaban J connectivity index is 1.94. The van der Waals surface area contributed by atoms with E-state index in [2.05, 4.69) is 77.6 Å². The zero-order valence-corrected chi connectivity index (χ0v) is 15.4. The fraction of sp³-hybridized carbons (Fsp3) is 0.600. The van der Waals surface area contributed by atoms with Crippen molar-refractivity contribution >= 4 is 0 Å². The van der Waals surface area contributed by atoms with Crippen LogP contribution in [-0.2, 0) is 0 Å². The van der Waals surface area contributed by atoms with Crippen LogP contribution >= 0.6 is 0 Å². The third-order valence-corrected chi connectivity index (χ3v) is 5.59. The highest BCUT2D eigenvalue weighted by Gasteiger charge is 2.38. The van der Waals surface area contributed by atoms with Crippen LogP contribution in [0.25, 0.3) is 0 Å². The summed E-state index contributed by atoms with van der Waals surface area (Å²) in [6, 6.07) is 11.3. The number of nitrogens with zero attached hydrogens (tertiary/aromatic N) is 2. The van der Waals surface area contributed by atoms with Gasteiger partial charge in [0.1, 0.15) is 0 Å². The number of allylic oxidation sites excluding steroid dienone is 1. The minimum absolute atomic E-state index is 0.0555. The van der Waals surface area contributed by atoms with E-state index in [1.165, 1.54) is 11.1 Å². The monoisotopic (exact) mass is 328 g/mol. The molecule has 3 rings (SSSR count). The highest BCUT2D eigenvalue weighted by atomic mass is 15.3. The molecule has 24 heavy (non-hydrogen) atoms. The molecule has 2 saturated heterocycles. The summed E-state index contributed by atoms with van der Waals surface area (Å²) in [5, 5.41) is 6.99. The molecule has 4 nitrogen and oxygen atoms in total. The maximum atomic E-state index is 3.51. The van der Waals surface area contributed by atoms with Gasteiger partial charge in [-0.1, -0.05) is 36.4 Å². The van der Waals surface area contributed by atoms with E-state index in [4.69, 9.17) is 0 Å². The first-order chi connectivity index (χ1) is 11.6. The zero-order valence-electron chi connectivity index (χ0n) is 15.4. The first kappa shape index (κ1) is 17.6. The van der Waals surface area contributed by atoms with Crippen LogP contribution in [0.5, 0.6) is 0 Å². The second-order valence-electron chi connectivity index (χ2n) is 7.32. The van der Waals surface area contributed by atoms with Crippen molar-refractivity contribution in [2.45, 2.75) is 32.4 Å². The summed E-state index contributed by atoms with van der Waals surface area (Å²) in [6.45, 7) is 14.5. The van der Waals surface area contributed by atoms with E-state index in [0.29, 0.717) is 6.04 Å². The molecule has 132 valence electrons. The summed E-state index contributed by atoms with van der Waals surface area (Å²) in [5.74, 6) is 0. The van der Waals surface area contributed by atoms with Crippen LogP contribution in [0.3, 0.4) is 0 Å². The molecule has 1 aromatic rings. The van der Waals surface area contributed by atoms with E-state index in [0.717, 1.165) is 45.9 Å². The van der Waals surface area contributed by atoms with Crippen molar-refractivity contribution in [2.75, 3.05) is 45.9 Å². The highest BCUT2D eigenvalue weighted by Crippen LogP contribution is 2.38. The van der Waals surface area contributed by atoms with Gasteiger partial charge in [0.25, 0.3) is 0 Å². The number of rotatable bonds is 5. The molecule has 0 spiro atoms. The second-order valence-corrected chi connectivity index (χ2v) is 7.32. The van der Waals surface area contributed by atoms with E-state index < -0.39 is 0 Å². The summed E-state index contributed by atoms with van der Waals surface area (Å²) < 4.78 is 0. The molecule has 0 aliphatic carbocycles. The SMILES string of the molecule is CC=C(C(c1ccccc1)N1CCNC1)C(C)(C)N1CCNCC1. The molecule has 0 bridgehead atoms. The lowest BCUT2D eigenvalue weighted by Crippen LogP contribution is -2.55. The molecular formula is C20H32N4. The van der Waals surface area contributed by atoms with Crippen molar-refractivity contribution in [1.82, 2.24) is 20.4 Å². The summed E-state index contributed by atoms with van der Waals surface area (Å²) in [4.78, 5) is 5.22. The molecule has 0 saturated carbocycles. The molecular weight excluding hydrogens is 296 g/mol. The summed E-state index contributed by atoms with van der Waals surface area (Å²) in [7, 11) is 0. The minimum Gasteiger partial charge on any atom is -0.314 e. The standard InChI is InChI=1S/C20H32N4/c1-4-18(20(2,3)24-14-11-21-12-15-24)19(23-13-10-22-16-23)17-8-6-5-7-9-17/h4-9,19,21-22H,10-16H2,1-3H3. The van der Waals surface area contributed by atoms with Crippen LogP contribution in [-0.4, -0.2) is 61.3 Å². The van der Waals surface area contributed by atoms with Crippen LogP contribution < -0.4 is 10.6 Å². The zero-order chi connectivity index (χ0) is 17.0. The Morgan fingerprint density at radius 2 is 1.71 bits per heavy atom. The third-order valence-electron chi connectivity index (χ3n) is 5.59. The molecule has 2 aliphatic rings. The van der Waals surface area contributed by atoms with Gasteiger partial charge in [0.2, 0.25) is 0 Å². The minimum atomic E-state index is 0.0555. The average molecular weight is 329 g/mol. The number of hydrogen-bond donors (Lipinski definition) is 2. The largest absolute Gasteiger partial charge is 0.314 e. The molecule has 0 aromatic heterocycles. The molecule has 0 amide bonds. The van der Waals surface area contributed by atoms with E-state index in [-0.39, 0.29) is 5.54 Å². The van der Waals surface area contributed by atoms with Crippen LogP contribution in [0.2, 0.25) is 0 Å². The number of piperazine rings is 1. The lowest BCUT2D eigenvalue weighted by atomic mass is 9.82. The Morgan fingerprint density at radius 3 is 2.29 bits per heavy atom. The number of benzene rings is 1. The summed E-state index contributed by atoms with van der Waals surface area (Å²) in [5.41, 5.74) is 2.97. The lowest BCUT2D eigenvalue weighted by molar-refractivity contribution is 0.112. The Labute approximate surface area is 146 Å². The second kappa shape index (κ2) is 7.79. The van der Waals surface area contributed by atoms with Gasteiger partial charge in [0.05, 0.1) is 6.04 Å². The quantitative estimate of drug-likeness (QED) is 0.812. The summed E-state index contributed by atoms with van der Waals surface area (Å²) >= 11 is 0. The van der Waals surface area contributed by atoms with E-state index >= 15 is 0 Å². The molecule has 0 radical (unpaired) electrons.